The second kappa shape index (κ2) is 11.0. The van der Waals surface area contributed by atoms with E-state index in [0.29, 0.717) is 5.96 Å². The Kier molecular flexibility index (Phi) is 9.41. The Morgan fingerprint density at radius 2 is 1.96 bits per heavy atom. The third-order valence-corrected chi connectivity index (χ3v) is 4.64. The van der Waals surface area contributed by atoms with Crippen LogP contribution in [0.25, 0.3) is 0 Å². The highest BCUT2D eigenvalue weighted by atomic mass is 32.2. The quantitative estimate of drug-likeness (QED) is 0.386. The van der Waals surface area contributed by atoms with Crippen molar-refractivity contribution in [3.63, 3.8) is 0 Å². The number of nitrogens with zero attached hydrogens (tertiary/aromatic N) is 4. The summed E-state index contributed by atoms with van der Waals surface area (Å²) in [7, 11) is 5.46. The number of aliphatic imine (C=N–C) groups is 1. The highest BCUT2D eigenvalue weighted by Gasteiger charge is 2.09. The fourth-order valence-electron chi connectivity index (χ4n) is 2.39. The van der Waals surface area contributed by atoms with E-state index in [1.54, 1.807) is 30.8 Å². The summed E-state index contributed by atoms with van der Waals surface area (Å²) in [6.45, 7) is 5.94. The first kappa shape index (κ1) is 21.3. The summed E-state index contributed by atoms with van der Waals surface area (Å²) in [6, 6.07) is 0. The summed E-state index contributed by atoms with van der Waals surface area (Å²) in [4.78, 5) is 17.6. The Morgan fingerprint density at radius 1 is 1.28 bits per heavy atom. The second-order valence-corrected chi connectivity index (χ2v) is 7.16. The van der Waals surface area contributed by atoms with E-state index in [0.717, 1.165) is 37.4 Å². The third-order valence-electron chi connectivity index (χ3n) is 4.02. The van der Waals surface area contributed by atoms with Crippen molar-refractivity contribution in [2.45, 2.75) is 26.7 Å². The lowest BCUT2D eigenvalue weighted by molar-refractivity contribution is -0.127. The minimum atomic E-state index is -0.00687. The standard InChI is InChI=1S/C17H32N6OS/c1-13-15(14(2)23(5)21-13)8-7-9-18-17(19-10-11-25-6)20-12-16(24)22(3)4/h7-12H2,1-6H3,(H2,18,19,20). The lowest BCUT2D eigenvalue weighted by Gasteiger charge is -2.13. The first-order valence-electron chi connectivity index (χ1n) is 8.57. The molecular formula is C17H32N6OS. The Hall–Kier alpha value is -1.70. The molecule has 0 saturated heterocycles. The van der Waals surface area contributed by atoms with Gasteiger partial charge in [0.05, 0.1) is 5.69 Å². The first-order valence-corrected chi connectivity index (χ1v) is 9.96. The Morgan fingerprint density at radius 3 is 2.52 bits per heavy atom. The minimum absolute atomic E-state index is 0.00687. The molecule has 0 bridgehead atoms. The maximum absolute atomic E-state index is 11.7. The van der Waals surface area contributed by atoms with Crippen LogP contribution in [0.15, 0.2) is 4.99 Å². The number of carbonyl (C=O) groups excluding carboxylic acids is 1. The van der Waals surface area contributed by atoms with Gasteiger partial charge >= 0.3 is 0 Å². The van der Waals surface area contributed by atoms with Crippen LogP contribution in [0.3, 0.4) is 0 Å². The zero-order valence-corrected chi connectivity index (χ0v) is 17.2. The van der Waals surface area contributed by atoms with Crippen molar-refractivity contribution in [3.8, 4) is 0 Å². The molecule has 0 saturated carbocycles. The van der Waals surface area contributed by atoms with E-state index in [2.05, 4.69) is 40.8 Å². The highest BCUT2D eigenvalue weighted by molar-refractivity contribution is 7.98. The van der Waals surface area contributed by atoms with Gasteiger partial charge in [-0.2, -0.15) is 16.9 Å². The van der Waals surface area contributed by atoms with Gasteiger partial charge in [-0.3, -0.25) is 9.48 Å². The molecule has 0 aliphatic carbocycles. The topological polar surface area (TPSA) is 74.6 Å². The Balaban J connectivity index is 2.50. The Labute approximate surface area is 155 Å². The van der Waals surface area contributed by atoms with Gasteiger partial charge in [-0.1, -0.05) is 0 Å². The third kappa shape index (κ3) is 7.37. The minimum Gasteiger partial charge on any atom is -0.356 e. The number of aromatic nitrogens is 2. The fraction of sp³-hybridized carbons (Fsp3) is 0.706. The van der Waals surface area contributed by atoms with Crippen LogP contribution in [0.5, 0.6) is 0 Å². The van der Waals surface area contributed by atoms with Crippen LogP contribution in [0.2, 0.25) is 0 Å². The predicted molar refractivity (Wildman–Crippen MR) is 106 cm³/mol. The molecule has 0 unspecified atom stereocenters. The average molecular weight is 369 g/mol. The monoisotopic (exact) mass is 368 g/mol. The van der Waals surface area contributed by atoms with Crippen LogP contribution in [-0.4, -0.2) is 72.3 Å². The van der Waals surface area contributed by atoms with Crippen LogP contribution in [0, 0.1) is 13.8 Å². The molecular weight excluding hydrogens is 336 g/mol. The van der Waals surface area contributed by atoms with Gasteiger partial charge in [-0.25, -0.2) is 4.99 Å². The van der Waals surface area contributed by atoms with Crippen LogP contribution < -0.4 is 10.6 Å². The number of nitrogens with one attached hydrogen (secondary N) is 2. The molecule has 0 atom stereocenters. The van der Waals surface area contributed by atoms with Gasteiger partial charge in [0.15, 0.2) is 5.96 Å². The fourth-order valence-corrected chi connectivity index (χ4v) is 2.69. The van der Waals surface area contributed by atoms with E-state index in [1.165, 1.54) is 11.3 Å². The van der Waals surface area contributed by atoms with Crippen molar-refractivity contribution in [2.75, 3.05) is 45.7 Å². The zero-order valence-electron chi connectivity index (χ0n) is 16.3. The molecule has 0 spiro atoms. The molecule has 0 aliphatic rings. The molecule has 1 aromatic heterocycles. The number of amides is 1. The summed E-state index contributed by atoms with van der Waals surface area (Å²) in [5.41, 5.74) is 3.64. The number of aryl methyl sites for hydroxylation is 2. The van der Waals surface area contributed by atoms with Crippen LogP contribution in [0.1, 0.15) is 23.4 Å². The molecule has 0 aromatic carbocycles. The number of carbonyl (C=O) groups is 1. The number of thioether (sulfide) groups is 1. The summed E-state index contributed by atoms with van der Waals surface area (Å²) >= 11 is 1.77. The zero-order chi connectivity index (χ0) is 18.8. The van der Waals surface area contributed by atoms with E-state index in [1.807, 2.05) is 11.7 Å². The van der Waals surface area contributed by atoms with E-state index in [9.17, 15) is 4.79 Å². The van der Waals surface area contributed by atoms with Gasteiger partial charge in [-0.15, -0.1) is 0 Å². The van der Waals surface area contributed by atoms with E-state index < -0.39 is 0 Å². The molecule has 1 aromatic rings. The molecule has 7 nitrogen and oxygen atoms in total. The van der Waals surface area contributed by atoms with Gasteiger partial charge in [-0.05, 0) is 38.5 Å². The predicted octanol–water partition coefficient (Wildman–Crippen LogP) is 0.956. The molecule has 0 radical (unpaired) electrons. The number of guanidine groups is 1. The number of likely N-dealkylation sites (N-methyl/N-ethyl adjacent to an activating group) is 1. The van der Waals surface area contributed by atoms with Gasteiger partial charge in [0.25, 0.3) is 0 Å². The van der Waals surface area contributed by atoms with Gasteiger partial charge in [0, 0.05) is 45.7 Å². The number of rotatable bonds is 9. The first-order chi connectivity index (χ1) is 11.9. The summed E-state index contributed by atoms with van der Waals surface area (Å²) in [5, 5.41) is 11.0. The average Bonchev–Trinajstić information content (AvgIpc) is 2.81. The molecule has 0 fully saturated rings. The number of hydrogen-bond acceptors (Lipinski definition) is 4. The lowest BCUT2D eigenvalue weighted by atomic mass is 10.1. The van der Waals surface area contributed by atoms with Crippen LogP contribution in [0.4, 0.5) is 0 Å². The normalized spacial score (nSPS) is 11.5. The van der Waals surface area contributed by atoms with Crippen LogP contribution >= 0.6 is 11.8 Å². The van der Waals surface area contributed by atoms with E-state index in [4.69, 9.17) is 0 Å². The SMILES string of the molecule is CSCCNC(=NCC(=O)N(C)C)NCCCc1c(C)nn(C)c1C. The molecule has 2 N–H and O–H groups in total. The van der Waals surface area contributed by atoms with E-state index >= 15 is 0 Å². The van der Waals surface area contributed by atoms with Gasteiger partial charge in [0.1, 0.15) is 6.54 Å². The van der Waals surface area contributed by atoms with Crippen molar-refractivity contribution in [2.24, 2.45) is 12.0 Å². The summed E-state index contributed by atoms with van der Waals surface area (Å²) in [5.74, 6) is 1.69. The van der Waals surface area contributed by atoms with Crippen molar-refractivity contribution in [3.05, 3.63) is 17.0 Å². The molecule has 8 heteroatoms. The molecule has 0 aliphatic heterocycles. The van der Waals surface area contributed by atoms with Crippen molar-refractivity contribution < 1.29 is 4.79 Å². The van der Waals surface area contributed by atoms with Gasteiger partial charge < -0.3 is 15.5 Å². The van der Waals surface area contributed by atoms with Gasteiger partial charge in [0.2, 0.25) is 5.91 Å². The largest absolute Gasteiger partial charge is 0.356 e. The number of hydrogen-bond donors (Lipinski definition) is 2. The highest BCUT2D eigenvalue weighted by Crippen LogP contribution is 2.13. The van der Waals surface area contributed by atoms with Crippen molar-refractivity contribution in [1.82, 2.24) is 25.3 Å². The Bertz CT molecular complexity index is 582. The molecule has 1 rings (SSSR count). The van der Waals surface area contributed by atoms with E-state index in [-0.39, 0.29) is 12.5 Å². The summed E-state index contributed by atoms with van der Waals surface area (Å²) in [6.07, 6.45) is 4.03. The smallest absolute Gasteiger partial charge is 0.243 e. The lowest BCUT2D eigenvalue weighted by Crippen LogP contribution is -2.40. The molecule has 1 heterocycles. The molecule has 142 valence electrons. The van der Waals surface area contributed by atoms with Crippen molar-refractivity contribution >= 4 is 23.6 Å². The molecule has 1 amide bonds. The van der Waals surface area contributed by atoms with Crippen molar-refractivity contribution in [1.29, 1.82) is 0 Å². The maximum Gasteiger partial charge on any atom is 0.243 e. The second-order valence-electron chi connectivity index (χ2n) is 6.18. The van der Waals surface area contributed by atoms with Crippen LogP contribution in [-0.2, 0) is 18.3 Å². The summed E-state index contributed by atoms with van der Waals surface area (Å²) < 4.78 is 1.93. The molecule has 25 heavy (non-hydrogen) atoms. The maximum atomic E-state index is 11.7.